The molecule has 0 unspecified atom stereocenters. The van der Waals surface area contributed by atoms with Gasteiger partial charge in [-0.2, -0.15) is 0 Å². The molecule has 0 aliphatic carbocycles. The average molecular weight is 254 g/mol. The highest BCUT2D eigenvalue weighted by molar-refractivity contribution is 6.02. The molecule has 0 amide bonds. The largest absolute Gasteiger partial charge is 0.477 e. The zero-order valence-corrected chi connectivity index (χ0v) is 10.1. The van der Waals surface area contributed by atoms with Crippen LogP contribution in [0.2, 0.25) is 0 Å². The number of pyridine rings is 1. The first-order valence-corrected chi connectivity index (χ1v) is 5.71. The molecule has 2 heterocycles. The van der Waals surface area contributed by atoms with Crippen molar-refractivity contribution in [3.63, 3.8) is 0 Å². The van der Waals surface area contributed by atoms with E-state index in [9.17, 15) is 9.90 Å². The van der Waals surface area contributed by atoms with Gasteiger partial charge in [-0.05, 0) is 18.4 Å². The minimum Gasteiger partial charge on any atom is -0.477 e. The summed E-state index contributed by atoms with van der Waals surface area (Å²) in [5.74, 6) is -0.742. The molecule has 0 atom stereocenters. The van der Waals surface area contributed by atoms with Gasteiger partial charge < -0.3 is 9.63 Å². The van der Waals surface area contributed by atoms with Gasteiger partial charge in [-0.3, -0.25) is 4.98 Å². The molecule has 94 valence electrons. The third kappa shape index (κ3) is 1.76. The maximum absolute atomic E-state index is 11.3. The number of hydrogen-bond donors (Lipinski definition) is 1. The molecule has 2 aromatic heterocycles. The number of hydrogen-bond acceptors (Lipinski definition) is 4. The lowest BCUT2D eigenvalue weighted by molar-refractivity contribution is 0.0696. The van der Waals surface area contributed by atoms with E-state index in [-0.39, 0.29) is 5.56 Å². The molecule has 0 saturated carbocycles. The van der Waals surface area contributed by atoms with Crippen molar-refractivity contribution in [1.82, 2.24) is 10.1 Å². The highest BCUT2D eigenvalue weighted by atomic mass is 16.5. The number of aryl methyl sites for hydroxylation is 1. The van der Waals surface area contributed by atoms with Crippen molar-refractivity contribution in [3.05, 3.63) is 48.0 Å². The van der Waals surface area contributed by atoms with E-state index in [2.05, 4.69) is 10.1 Å². The number of rotatable bonds is 2. The Labute approximate surface area is 108 Å². The van der Waals surface area contributed by atoms with E-state index in [1.807, 2.05) is 24.3 Å². The van der Waals surface area contributed by atoms with E-state index in [1.165, 1.54) is 0 Å². The third-order valence-corrected chi connectivity index (χ3v) is 3.01. The van der Waals surface area contributed by atoms with Crippen LogP contribution in [0, 0.1) is 6.92 Å². The summed E-state index contributed by atoms with van der Waals surface area (Å²) in [4.78, 5) is 15.4. The van der Waals surface area contributed by atoms with Gasteiger partial charge in [-0.25, -0.2) is 4.79 Å². The quantitative estimate of drug-likeness (QED) is 0.760. The smallest absolute Gasteiger partial charge is 0.341 e. The Bertz CT molecular complexity index is 772. The van der Waals surface area contributed by atoms with Gasteiger partial charge in [0.1, 0.15) is 17.0 Å². The predicted molar refractivity (Wildman–Crippen MR) is 68.9 cm³/mol. The molecule has 0 aliphatic heterocycles. The van der Waals surface area contributed by atoms with Crippen molar-refractivity contribution in [2.75, 3.05) is 0 Å². The van der Waals surface area contributed by atoms with Crippen LogP contribution in [-0.2, 0) is 0 Å². The van der Waals surface area contributed by atoms with E-state index in [0.29, 0.717) is 11.5 Å². The summed E-state index contributed by atoms with van der Waals surface area (Å²) >= 11 is 0. The first-order chi connectivity index (χ1) is 9.18. The van der Waals surface area contributed by atoms with Gasteiger partial charge in [0.25, 0.3) is 0 Å². The Morgan fingerprint density at radius 1 is 1.32 bits per heavy atom. The van der Waals surface area contributed by atoms with Crippen LogP contribution in [0.3, 0.4) is 0 Å². The molecule has 3 rings (SSSR count). The fourth-order valence-corrected chi connectivity index (χ4v) is 2.14. The van der Waals surface area contributed by atoms with Crippen LogP contribution in [0.4, 0.5) is 0 Å². The van der Waals surface area contributed by atoms with Gasteiger partial charge in [0.05, 0.1) is 0 Å². The van der Waals surface area contributed by atoms with Crippen molar-refractivity contribution >= 4 is 16.7 Å². The summed E-state index contributed by atoms with van der Waals surface area (Å²) in [5.41, 5.74) is 1.18. The second-order valence-electron chi connectivity index (χ2n) is 4.17. The van der Waals surface area contributed by atoms with Crippen LogP contribution in [0.1, 0.15) is 16.1 Å². The minimum atomic E-state index is -1.04. The molecule has 0 bridgehead atoms. The summed E-state index contributed by atoms with van der Waals surface area (Å²) in [6.07, 6.45) is 3.39. The van der Waals surface area contributed by atoms with Gasteiger partial charge in [0.2, 0.25) is 0 Å². The first kappa shape index (κ1) is 11.4. The van der Waals surface area contributed by atoms with E-state index in [1.54, 1.807) is 19.3 Å². The summed E-state index contributed by atoms with van der Waals surface area (Å²) in [5, 5.41) is 15.0. The predicted octanol–water partition coefficient (Wildman–Crippen LogP) is 2.90. The monoisotopic (exact) mass is 254 g/mol. The Morgan fingerprint density at radius 2 is 2.16 bits per heavy atom. The van der Waals surface area contributed by atoms with Gasteiger partial charge in [0, 0.05) is 23.3 Å². The van der Waals surface area contributed by atoms with Crippen molar-refractivity contribution in [1.29, 1.82) is 0 Å². The second-order valence-corrected chi connectivity index (χ2v) is 4.17. The first-order valence-electron chi connectivity index (χ1n) is 5.71. The fraction of sp³-hybridized carbons (Fsp3) is 0.0714. The lowest BCUT2D eigenvalue weighted by Gasteiger charge is -2.03. The highest BCUT2D eigenvalue weighted by Gasteiger charge is 2.21. The minimum absolute atomic E-state index is 0.101. The molecule has 0 saturated heterocycles. The number of aromatic carboxylic acids is 1. The maximum atomic E-state index is 11.3. The number of carbonyl (C=O) groups is 1. The van der Waals surface area contributed by atoms with Gasteiger partial charge in [-0.15, -0.1) is 0 Å². The molecule has 1 aromatic carbocycles. The summed E-state index contributed by atoms with van der Waals surface area (Å²) in [7, 11) is 0. The normalized spacial score (nSPS) is 10.8. The zero-order chi connectivity index (χ0) is 13.4. The number of nitrogens with zero attached hydrogens (tertiary/aromatic N) is 2. The van der Waals surface area contributed by atoms with Crippen LogP contribution >= 0.6 is 0 Å². The van der Waals surface area contributed by atoms with Gasteiger partial charge >= 0.3 is 5.97 Å². The van der Waals surface area contributed by atoms with Crippen molar-refractivity contribution < 1.29 is 14.4 Å². The molecule has 1 N–H and O–H groups in total. The van der Waals surface area contributed by atoms with Crippen molar-refractivity contribution in [3.8, 4) is 11.3 Å². The standard InChI is InChI=1S/C14H10N2O3/c1-8-12(14(17)18)13(16-19-8)11-4-2-3-9-7-15-6-5-10(9)11/h2-7H,1H3,(H,17,18). The topological polar surface area (TPSA) is 76.2 Å². The van der Waals surface area contributed by atoms with E-state index in [4.69, 9.17) is 4.52 Å². The molecule has 3 aromatic rings. The number of aromatic nitrogens is 2. The zero-order valence-electron chi connectivity index (χ0n) is 10.1. The molecule has 0 radical (unpaired) electrons. The van der Waals surface area contributed by atoms with E-state index >= 15 is 0 Å². The number of fused-ring (bicyclic) bond motifs is 1. The lowest BCUT2D eigenvalue weighted by Crippen LogP contribution is -1.99. The second kappa shape index (κ2) is 4.20. The molecule has 5 nitrogen and oxygen atoms in total. The SMILES string of the molecule is Cc1onc(-c2cccc3cnccc23)c1C(=O)O. The molecular weight excluding hydrogens is 244 g/mol. The Hall–Kier alpha value is -2.69. The number of benzene rings is 1. The van der Waals surface area contributed by atoms with Gasteiger partial charge in [-0.1, -0.05) is 23.4 Å². The van der Waals surface area contributed by atoms with Gasteiger partial charge in [0.15, 0.2) is 0 Å². The molecular formula is C14H10N2O3. The molecule has 0 fully saturated rings. The lowest BCUT2D eigenvalue weighted by atomic mass is 10.0. The Balaban J connectivity index is 2.34. The Kier molecular flexibility index (Phi) is 2.52. The van der Waals surface area contributed by atoms with E-state index < -0.39 is 5.97 Å². The Morgan fingerprint density at radius 3 is 2.95 bits per heavy atom. The number of carboxylic acid groups (broad SMARTS) is 1. The molecule has 0 spiro atoms. The van der Waals surface area contributed by atoms with Crippen LogP contribution < -0.4 is 0 Å². The van der Waals surface area contributed by atoms with Crippen molar-refractivity contribution in [2.24, 2.45) is 0 Å². The summed E-state index contributed by atoms with van der Waals surface area (Å²) in [6.45, 7) is 1.59. The third-order valence-electron chi connectivity index (χ3n) is 3.01. The summed E-state index contributed by atoms with van der Waals surface area (Å²) < 4.78 is 5.01. The van der Waals surface area contributed by atoms with Crippen molar-refractivity contribution in [2.45, 2.75) is 6.92 Å². The van der Waals surface area contributed by atoms with E-state index in [0.717, 1.165) is 16.3 Å². The molecule has 0 aliphatic rings. The number of carboxylic acids is 1. The van der Waals surface area contributed by atoms with Crippen LogP contribution in [0.25, 0.3) is 22.0 Å². The highest BCUT2D eigenvalue weighted by Crippen LogP contribution is 2.31. The van der Waals surface area contributed by atoms with Crippen LogP contribution in [-0.4, -0.2) is 21.2 Å². The molecule has 5 heteroatoms. The average Bonchev–Trinajstić information content (AvgIpc) is 2.80. The van der Waals surface area contributed by atoms with Crippen LogP contribution in [0.5, 0.6) is 0 Å². The molecule has 19 heavy (non-hydrogen) atoms. The van der Waals surface area contributed by atoms with Crippen LogP contribution in [0.15, 0.2) is 41.2 Å². The fourth-order valence-electron chi connectivity index (χ4n) is 2.14. The maximum Gasteiger partial charge on any atom is 0.341 e. The summed E-state index contributed by atoms with van der Waals surface area (Å²) in [6, 6.07) is 7.42.